The molecular weight excluding hydrogens is 246 g/mol. The first-order valence-corrected chi connectivity index (χ1v) is 7.00. The van der Waals surface area contributed by atoms with Crippen LogP contribution in [0.25, 0.3) is 0 Å². The van der Waals surface area contributed by atoms with E-state index in [1.54, 1.807) is 0 Å². The SMILES string of the molecule is CCN(CC)CCNC(=O)N1CCC(C)C1C(=O)O. The number of carbonyl (C=O) groups excluding carboxylic acids is 1. The van der Waals surface area contributed by atoms with Gasteiger partial charge in [0.05, 0.1) is 0 Å². The third-order valence-corrected chi connectivity index (χ3v) is 3.81. The minimum Gasteiger partial charge on any atom is -0.480 e. The molecule has 0 spiro atoms. The van der Waals surface area contributed by atoms with Crippen molar-refractivity contribution in [3.8, 4) is 0 Å². The third-order valence-electron chi connectivity index (χ3n) is 3.81. The fourth-order valence-electron chi connectivity index (χ4n) is 2.51. The van der Waals surface area contributed by atoms with Gasteiger partial charge in [-0.05, 0) is 25.4 Å². The molecule has 0 bridgehead atoms. The summed E-state index contributed by atoms with van der Waals surface area (Å²) >= 11 is 0. The van der Waals surface area contributed by atoms with E-state index in [1.165, 1.54) is 4.90 Å². The standard InChI is InChI=1S/C13H25N3O3/c1-4-15(5-2)9-7-14-13(19)16-8-6-10(3)11(16)12(17)18/h10-11H,4-9H2,1-3H3,(H,14,19)(H,17,18). The zero-order valence-electron chi connectivity index (χ0n) is 12.1. The van der Waals surface area contributed by atoms with Crippen LogP contribution in [0.5, 0.6) is 0 Å². The van der Waals surface area contributed by atoms with Crippen LogP contribution >= 0.6 is 0 Å². The molecule has 0 aliphatic carbocycles. The van der Waals surface area contributed by atoms with Crippen LogP contribution < -0.4 is 5.32 Å². The number of carboxylic acid groups (broad SMARTS) is 1. The zero-order chi connectivity index (χ0) is 14.4. The highest BCUT2D eigenvalue weighted by Crippen LogP contribution is 2.23. The molecule has 0 aromatic rings. The molecule has 2 N–H and O–H groups in total. The van der Waals surface area contributed by atoms with Crippen molar-refractivity contribution in [1.82, 2.24) is 15.1 Å². The van der Waals surface area contributed by atoms with Crippen LogP contribution in [0.15, 0.2) is 0 Å². The first-order chi connectivity index (χ1) is 9.01. The quantitative estimate of drug-likeness (QED) is 0.750. The Hall–Kier alpha value is -1.30. The lowest BCUT2D eigenvalue weighted by molar-refractivity contribution is -0.142. The van der Waals surface area contributed by atoms with Crippen molar-refractivity contribution < 1.29 is 14.7 Å². The van der Waals surface area contributed by atoms with E-state index in [0.29, 0.717) is 13.1 Å². The van der Waals surface area contributed by atoms with E-state index in [-0.39, 0.29) is 11.9 Å². The summed E-state index contributed by atoms with van der Waals surface area (Å²) in [6.45, 7) is 9.80. The predicted molar refractivity (Wildman–Crippen MR) is 73.1 cm³/mol. The van der Waals surface area contributed by atoms with Gasteiger partial charge in [0.15, 0.2) is 0 Å². The average molecular weight is 271 g/mol. The molecule has 19 heavy (non-hydrogen) atoms. The summed E-state index contributed by atoms with van der Waals surface area (Å²) < 4.78 is 0. The first-order valence-electron chi connectivity index (χ1n) is 7.00. The lowest BCUT2D eigenvalue weighted by atomic mass is 10.0. The summed E-state index contributed by atoms with van der Waals surface area (Å²) in [5, 5.41) is 12.0. The van der Waals surface area contributed by atoms with Crippen molar-refractivity contribution >= 4 is 12.0 Å². The molecule has 1 aliphatic rings. The van der Waals surface area contributed by atoms with E-state index in [4.69, 9.17) is 5.11 Å². The van der Waals surface area contributed by atoms with Gasteiger partial charge in [-0.1, -0.05) is 20.8 Å². The molecule has 1 fully saturated rings. The highest BCUT2D eigenvalue weighted by molar-refractivity contribution is 5.83. The molecule has 1 heterocycles. The van der Waals surface area contributed by atoms with Crippen molar-refractivity contribution in [2.45, 2.75) is 33.2 Å². The van der Waals surface area contributed by atoms with Gasteiger partial charge in [-0.25, -0.2) is 9.59 Å². The second-order valence-electron chi connectivity index (χ2n) is 5.00. The Labute approximate surface area is 114 Å². The summed E-state index contributed by atoms with van der Waals surface area (Å²) in [4.78, 5) is 26.8. The number of amides is 2. The number of nitrogens with zero attached hydrogens (tertiary/aromatic N) is 2. The second kappa shape index (κ2) is 7.33. The zero-order valence-corrected chi connectivity index (χ0v) is 12.1. The van der Waals surface area contributed by atoms with Gasteiger partial charge < -0.3 is 20.2 Å². The van der Waals surface area contributed by atoms with Crippen LogP contribution in [-0.2, 0) is 4.79 Å². The van der Waals surface area contributed by atoms with Gasteiger partial charge >= 0.3 is 12.0 Å². The smallest absolute Gasteiger partial charge is 0.326 e. The fourth-order valence-corrected chi connectivity index (χ4v) is 2.51. The molecule has 6 heteroatoms. The molecule has 2 unspecified atom stereocenters. The average Bonchev–Trinajstić information content (AvgIpc) is 2.76. The number of likely N-dealkylation sites (tertiary alicyclic amines) is 1. The van der Waals surface area contributed by atoms with E-state index in [0.717, 1.165) is 26.1 Å². The van der Waals surface area contributed by atoms with Crippen LogP contribution in [0.3, 0.4) is 0 Å². The lowest BCUT2D eigenvalue weighted by Crippen LogP contribution is -2.48. The largest absolute Gasteiger partial charge is 0.480 e. The Morgan fingerprint density at radius 2 is 2.00 bits per heavy atom. The molecule has 0 saturated carbocycles. The summed E-state index contributed by atoms with van der Waals surface area (Å²) in [5.41, 5.74) is 0. The number of nitrogens with one attached hydrogen (secondary N) is 1. The Balaban J connectivity index is 2.43. The summed E-state index contributed by atoms with van der Waals surface area (Å²) in [6, 6.07) is -0.947. The van der Waals surface area contributed by atoms with Crippen LogP contribution in [-0.4, -0.2) is 65.7 Å². The minimum absolute atomic E-state index is 0.0195. The van der Waals surface area contributed by atoms with Crippen molar-refractivity contribution in [2.24, 2.45) is 5.92 Å². The molecule has 2 atom stereocenters. The van der Waals surface area contributed by atoms with Gasteiger partial charge in [0, 0.05) is 19.6 Å². The van der Waals surface area contributed by atoms with Gasteiger partial charge in [0.25, 0.3) is 0 Å². The summed E-state index contributed by atoms with van der Waals surface area (Å²) in [5.74, 6) is -0.894. The first kappa shape index (κ1) is 15.8. The van der Waals surface area contributed by atoms with Gasteiger partial charge in [-0.15, -0.1) is 0 Å². The Kier molecular flexibility index (Phi) is 6.08. The lowest BCUT2D eigenvalue weighted by Gasteiger charge is -2.24. The van der Waals surface area contributed by atoms with E-state index < -0.39 is 12.0 Å². The van der Waals surface area contributed by atoms with E-state index >= 15 is 0 Å². The number of likely N-dealkylation sites (N-methyl/N-ethyl adjacent to an activating group) is 1. The van der Waals surface area contributed by atoms with Crippen molar-refractivity contribution in [3.05, 3.63) is 0 Å². The number of urea groups is 1. The summed E-state index contributed by atoms with van der Waals surface area (Å²) in [7, 11) is 0. The highest BCUT2D eigenvalue weighted by Gasteiger charge is 2.39. The molecular formula is C13H25N3O3. The van der Waals surface area contributed by atoms with Gasteiger partial charge in [-0.3, -0.25) is 0 Å². The van der Waals surface area contributed by atoms with E-state index in [2.05, 4.69) is 24.1 Å². The molecule has 1 aliphatic heterocycles. The van der Waals surface area contributed by atoms with Crippen LogP contribution in [0, 0.1) is 5.92 Å². The predicted octanol–water partition coefficient (Wildman–Crippen LogP) is 0.833. The van der Waals surface area contributed by atoms with Crippen LogP contribution in [0.2, 0.25) is 0 Å². The Morgan fingerprint density at radius 3 is 2.53 bits per heavy atom. The Morgan fingerprint density at radius 1 is 1.37 bits per heavy atom. The second-order valence-corrected chi connectivity index (χ2v) is 5.00. The molecule has 0 aromatic carbocycles. The Bertz CT molecular complexity index is 318. The normalized spacial score (nSPS) is 22.8. The van der Waals surface area contributed by atoms with Gasteiger partial charge in [0.2, 0.25) is 0 Å². The maximum Gasteiger partial charge on any atom is 0.326 e. The molecule has 110 valence electrons. The van der Waals surface area contributed by atoms with Crippen LogP contribution in [0.1, 0.15) is 27.2 Å². The number of carbonyl (C=O) groups is 2. The topological polar surface area (TPSA) is 72.9 Å². The molecule has 1 saturated heterocycles. The molecule has 0 radical (unpaired) electrons. The molecule has 6 nitrogen and oxygen atoms in total. The van der Waals surface area contributed by atoms with Crippen molar-refractivity contribution in [3.63, 3.8) is 0 Å². The maximum atomic E-state index is 12.0. The van der Waals surface area contributed by atoms with E-state index in [1.807, 2.05) is 6.92 Å². The molecule has 2 amide bonds. The third kappa shape index (κ3) is 4.09. The molecule has 1 rings (SSSR count). The number of aliphatic carboxylic acids is 1. The summed E-state index contributed by atoms with van der Waals surface area (Å²) in [6.07, 6.45) is 0.750. The van der Waals surface area contributed by atoms with Gasteiger partial charge in [0.1, 0.15) is 6.04 Å². The van der Waals surface area contributed by atoms with Crippen molar-refractivity contribution in [1.29, 1.82) is 0 Å². The van der Waals surface area contributed by atoms with Gasteiger partial charge in [-0.2, -0.15) is 0 Å². The van der Waals surface area contributed by atoms with Crippen LogP contribution in [0.4, 0.5) is 4.79 Å². The number of rotatable bonds is 6. The fraction of sp³-hybridized carbons (Fsp3) is 0.846. The molecule has 0 aromatic heterocycles. The number of hydrogen-bond donors (Lipinski definition) is 2. The van der Waals surface area contributed by atoms with E-state index in [9.17, 15) is 9.59 Å². The highest BCUT2D eigenvalue weighted by atomic mass is 16.4. The monoisotopic (exact) mass is 271 g/mol. The number of carboxylic acids is 1. The van der Waals surface area contributed by atoms with Crippen molar-refractivity contribution in [2.75, 3.05) is 32.7 Å². The maximum absolute atomic E-state index is 12.0. The minimum atomic E-state index is -0.913. The number of hydrogen-bond acceptors (Lipinski definition) is 3.